The van der Waals surface area contributed by atoms with Crippen molar-refractivity contribution in [1.29, 1.82) is 0 Å². The SMILES string of the molecule is COc1nc(N[C@H]2C[C@@H](OCCO)C2)nn2ccc(-c3ccc4nnn(CC(F)(F)F)c4c3)c12. The maximum absolute atomic E-state index is 12.9. The average molecular weight is 477 g/mol. The number of aromatic nitrogens is 6. The van der Waals surface area contributed by atoms with Crippen LogP contribution >= 0.6 is 0 Å². The van der Waals surface area contributed by atoms with Crippen LogP contribution in [0.2, 0.25) is 0 Å². The molecule has 0 amide bonds. The van der Waals surface area contributed by atoms with Crippen LogP contribution in [-0.4, -0.2) is 73.3 Å². The number of ether oxygens (including phenoxy) is 2. The molecule has 0 spiro atoms. The molecule has 0 saturated heterocycles. The standard InChI is InChI=1S/C21H22F3N7O3/c1-33-19-18-15(12-2-3-16-17(8-12)31(29-27-16)11-21(22,23)24)4-5-30(18)28-20(26-19)25-13-9-14(10-13)34-7-6-32/h2-5,8,13-14,32H,6-7,9-11H2,1H3,(H,25,28)/t13-,14+. The summed E-state index contributed by atoms with van der Waals surface area (Å²) < 4.78 is 52.2. The van der Waals surface area contributed by atoms with Crippen LogP contribution in [0.4, 0.5) is 19.1 Å². The molecule has 1 saturated carbocycles. The van der Waals surface area contributed by atoms with Crippen LogP contribution < -0.4 is 10.1 Å². The Labute approximate surface area is 191 Å². The van der Waals surface area contributed by atoms with Crippen LogP contribution in [0, 0.1) is 0 Å². The topological polar surface area (TPSA) is 112 Å². The monoisotopic (exact) mass is 477 g/mol. The third-order valence-electron chi connectivity index (χ3n) is 5.70. The normalized spacial score (nSPS) is 18.4. The van der Waals surface area contributed by atoms with E-state index in [0.29, 0.717) is 40.6 Å². The Bertz CT molecular complexity index is 1310. The Kier molecular flexibility index (Phi) is 5.73. The van der Waals surface area contributed by atoms with Gasteiger partial charge in [-0.2, -0.15) is 18.2 Å². The first-order valence-corrected chi connectivity index (χ1v) is 10.7. The van der Waals surface area contributed by atoms with E-state index in [0.717, 1.165) is 17.5 Å². The summed E-state index contributed by atoms with van der Waals surface area (Å²) in [5, 5.41) is 24.1. The Morgan fingerprint density at radius 1 is 1.24 bits per heavy atom. The van der Waals surface area contributed by atoms with Gasteiger partial charge >= 0.3 is 6.18 Å². The minimum atomic E-state index is -4.41. The molecule has 3 aromatic heterocycles. The maximum atomic E-state index is 12.9. The number of methoxy groups -OCH3 is 1. The van der Waals surface area contributed by atoms with E-state index in [9.17, 15) is 13.2 Å². The predicted octanol–water partition coefficient (Wildman–Crippen LogP) is 2.66. The predicted molar refractivity (Wildman–Crippen MR) is 116 cm³/mol. The van der Waals surface area contributed by atoms with Crippen LogP contribution in [0.5, 0.6) is 5.88 Å². The van der Waals surface area contributed by atoms with Crippen LogP contribution in [-0.2, 0) is 11.3 Å². The lowest BCUT2D eigenvalue weighted by Gasteiger charge is -2.35. The fourth-order valence-electron chi connectivity index (χ4n) is 4.07. The molecule has 1 aromatic carbocycles. The molecule has 13 heteroatoms. The number of anilines is 1. The molecule has 0 radical (unpaired) electrons. The van der Waals surface area contributed by atoms with Gasteiger partial charge in [-0.3, -0.25) is 0 Å². The maximum Gasteiger partial charge on any atom is 0.408 e. The van der Waals surface area contributed by atoms with Crippen LogP contribution in [0.15, 0.2) is 30.5 Å². The Morgan fingerprint density at radius 3 is 2.79 bits per heavy atom. The van der Waals surface area contributed by atoms with Crippen molar-refractivity contribution in [2.45, 2.75) is 37.7 Å². The zero-order valence-electron chi connectivity index (χ0n) is 18.2. The summed E-state index contributed by atoms with van der Waals surface area (Å²) in [5.41, 5.74) is 2.58. The minimum absolute atomic E-state index is 0.00431. The first kappa shape index (κ1) is 22.3. The third kappa shape index (κ3) is 4.35. The Morgan fingerprint density at radius 2 is 2.06 bits per heavy atom. The van der Waals surface area contributed by atoms with E-state index in [1.165, 1.54) is 7.11 Å². The van der Waals surface area contributed by atoms with Crippen molar-refractivity contribution in [2.24, 2.45) is 0 Å². The number of benzene rings is 1. The van der Waals surface area contributed by atoms with Gasteiger partial charge in [0.1, 0.15) is 17.6 Å². The number of halogens is 3. The van der Waals surface area contributed by atoms with Crippen molar-refractivity contribution >= 4 is 22.5 Å². The van der Waals surface area contributed by atoms with Crippen molar-refractivity contribution in [2.75, 3.05) is 25.6 Å². The molecule has 0 unspecified atom stereocenters. The highest BCUT2D eigenvalue weighted by molar-refractivity contribution is 5.89. The summed E-state index contributed by atoms with van der Waals surface area (Å²) in [5.74, 6) is 0.715. The van der Waals surface area contributed by atoms with Gasteiger partial charge in [0.05, 0.1) is 31.9 Å². The molecule has 5 rings (SSSR count). The highest BCUT2D eigenvalue weighted by Gasteiger charge is 2.31. The molecule has 34 heavy (non-hydrogen) atoms. The van der Waals surface area contributed by atoms with E-state index in [-0.39, 0.29) is 24.3 Å². The lowest BCUT2D eigenvalue weighted by atomic mass is 9.89. The fourth-order valence-corrected chi connectivity index (χ4v) is 4.07. The number of nitrogens with zero attached hydrogens (tertiary/aromatic N) is 6. The third-order valence-corrected chi connectivity index (χ3v) is 5.70. The number of nitrogens with one attached hydrogen (secondary N) is 1. The van der Waals surface area contributed by atoms with E-state index in [4.69, 9.17) is 14.6 Å². The fraction of sp³-hybridized carbons (Fsp3) is 0.429. The molecule has 180 valence electrons. The number of aliphatic hydroxyl groups excluding tert-OH is 1. The number of fused-ring (bicyclic) bond motifs is 2. The summed E-state index contributed by atoms with van der Waals surface area (Å²) in [7, 11) is 1.50. The van der Waals surface area contributed by atoms with E-state index in [2.05, 4.69) is 25.7 Å². The highest BCUT2D eigenvalue weighted by Crippen LogP contribution is 2.34. The summed E-state index contributed by atoms with van der Waals surface area (Å²) in [4.78, 5) is 4.48. The van der Waals surface area contributed by atoms with Gasteiger partial charge in [-0.05, 0) is 36.6 Å². The number of aliphatic hydroxyl groups is 1. The molecule has 3 heterocycles. The lowest BCUT2D eigenvalue weighted by molar-refractivity contribution is -0.142. The van der Waals surface area contributed by atoms with Gasteiger partial charge in [0.15, 0.2) is 0 Å². The van der Waals surface area contributed by atoms with Gasteiger partial charge in [0.25, 0.3) is 0 Å². The second-order valence-corrected chi connectivity index (χ2v) is 8.06. The summed E-state index contributed by atoms with van der Waals surface area (Å²) >= 11 is 0. The van der Waals surface area contributed by atoms with Gasteiger partial charge in [-0.1, -0.05) is 11.3 Å². The summed E-state index contributed by atoms with van der Waals surface area (Å²) in [6.45, 7) is -0.910. The molecular formula is C21H22F3N7O3. The van der Waals surface area contributed by atoms with Crippen LogP contribution in [0.1, 0.15) is 12.8 Å². The summed E-state index contributed by atoms with van der Waals surface area (Å²) in [6, 6.07) is 6.95. The Hall–Kier alpha value is -3.45. The molecule has 1 aliphatic carbocycles. The van der Waals surface area contributed by atoms with Crippen molar-refractivity contribution in [3.8, 4) is 17.0 Å². The zero-order valence-corrected chi connectivity index (χ0v) is 18.2. The molecule has 0 aliphatic heterocycles. The van der Waals surface area contributed by atoms with Crippen molar-refractivity contribution in [1.82, 2.24) is 29.6 Å². The lowest BCUT2D eigenvalue weighted by Crippen LogP contribution is -2.41. The zero-order chi connectivity index (χ0) is 23.9. The molecule has 1 fully saturated rings. The molecule has 1 aliphatic rings. The van der Waals surface area contributed by atoms with Crippen molar-refractivity contribution in [3.05, 3.63) is 30.5 Å². The van der Waals surface area contributed by atoms with E-state index < -0.39 is 12.7 Å². The van der Waals surface area contributed by atoms with Crippen molar-refractivity contribution in [3.63, 3.8) is 0 Å². The second kappa shape index (κ2) is 8.72. The van der Waals surface area contributed by atoms with Crippen LogP contribution in [0.3, 0.4) is 0 Å². The molecule has 0 atom stereocenters. The van der Waals surface area contributed by atoms with Gasteiger partial charge in [0.2, 0.25) is 11.8 Å². The summed E-state index contributed by atoms with van der Waals surface area (Å²) in [6.07, 6.45) is -1.02. The second-order valence-electron chi connectivity index (χ2n) is 8.06. The molecule has 4 aromatic rings. The van der Waals surface area contributed by atoms with Gasteiger partial charge in [-0.25, -0.2) is 9.20 Å². The average Bonchev–Trinajstić information content (AvgIpc) is 3.37. The van der Waals surface area contributed by atoms with E-state index in [1.54, 1.807) is 35.0 Å². The van der Waals surface area contributed by atoms with E-state index in [1.807, 2.05) is 0 Å². The molecule has 10 nitrogen and oxygen atoms in total. The number of rotatable bonds is 8. The molecule has 0 bridgehead atoms. The number of hydrogen-bond acceptors (Lipinski definition) is 8. The number of hydrogen-bond donors (Lipinski definition) is 2. The Balaban J connectivity index is 1.43. The largest absolute Gasteiger partial charge is 0.479 e. The quantitative estimate of drug-likeness (QED) is 0.399. The smallest absolute Gasteiger partial charge is 0.408 e. The van der Waals surface area contributed by atoms with E-state index >= 15 is 0 Å². The highest BCUT2D eigenvalue weighted by atomic mass is 19.4. The first-order valence-electron chi connectivity index (χ1n) is 10.7. The van der Waals surface area contributed by atoms with Gasteiger partial charge in [0, 0.05) is 17.8 Å². The molecular weight excluding hydrogens is 455 g/mol. The number of alkyl halides is 3. The molecule has 2 N–H and O–H groups in total. The van der Waals surface area contributed by atoms with Gasteiger partial charge in [-0.15, -0.1) is 10.2 Å². The minimum Gasteiger partial charge on any atom is -0.479 e. The first-order chi connectivity index (χ1) is 16.3. The van der Waals surface area contributed by atoms with Crippen LogP contribution in [0.25, 0.3) is 27.7 Å². The van der Waals surface area contributed by atoms with Gasteiger partial charge < -0.3 is 19.9 Å². The van der Waals surface area contributed by atoms with Crippen molar-refractivity contribution < 1.29 is 27.8 Å².